The van der Waals surface area contributed by atoms with Crippen LogP contribution in [0.4, 0.5) is 11.4 Å². The van der Waals surface area contributed by atoms with E-state index in [2.05, 4.69) is 16.2 Å². The molecule has 25 heavy (non-hydrogen) atoms. The summed E-state index contributed by atoms with van der Waals surface area (Å²) >= 11 is 0. The lowest BCUT2D eigenvalue weighted by molar-refractivity contribution is -0.116. The van der Waals surface area contributed by atoms with Gasteiger partial charge in [-0.2, -0.15) is 4.31 Å². The molecule has 2 rings (SSSR count). The van der Waals surface area contributed by atoms with Gasteiger partial charge in [-0.1, -0.05) is 0 Å². The smallest absolute Gasteiger partial charge is 0.239 e. The minimum absolute atomic E-state index is 0.228. The molecule has 1 aliphatic heterocycles. The van der Waals surface area contributed by atoms with Gasteiger partial charge in [0.1, 0.15) is 5.25 Å². The Morgan fingerprint density at radius 3 is 2.08 bits per heavy atom. The number of carbonyl (C=O) groups is 1. The first-order valence-electron chi connectivity index (χ1n) is 8.16. The molecule has 1 saturated heterocycles. The number of nitrogens with zero attached hydrogens (tertiary/aromatic N) is 2. The van der Waals surface area contributed by atoms with E-state index in [0.29, 0.717) is 5.69 Å². The van der Waals surface area contributed by atoms with Crippen molar-refractivity contribution in [3.63, 3.8) is 0 Å². The topological polar surface area (TPSA) is 93.8 Å². The number of hydrazine groups is 1. The predicted octanol–water partition coefficient (Wildman–Crippen LogP) is 0.206. The second kappa shape index (κ2) is 7.69. The Kier molecular flexibility index (Phi) is 6.04. The minimum Gasteiger partial charge on any atom is -0.378 e. The van der Waals surface area contributed by atoms with Crippen LogP contribution in [0.15, 0.2) is 24.3 Å². The fourth-order valence-electron chi connectivity index (χ4n) is 2.92. The lowest BCUT2D eigenvalue weighted by Gasteiger charge is -2.25. The van der Waals surface area contributed by atoms with Crippen LogP contribution in [0, 0.1) is 0 Å². The van der Waals surface area contributed by atoms with Gasteiger partial charge in [0.05, 0.1) is 6.54 Å². The van der Waals surface area contributed by atoms with Crippen LogP contribution in [0.2, 0.25) is 0 Å². The number of anilines is 2. The molecule has 2 atom stereocenters. The molecule has 1 fully saturated rings. The van der Waals surface area contributed by atoms with Crippen molar-refractivity contribution < 1.29 is 13.2 Å². The predicted molar refractivity (Wildman–Crippen MR) is 99.9 cm³/mol. The fourth-order valence-corrected chi connectivity index (χ4v) is 4.80. The second-order valence-corrected chi connectivity index (χ2v) is 8.82. The third kappa shape index (κ3) is 4.49. The number of rotatable bonds is 6. The molecule has 1 aliphatic rings. The number of amides is 1. The number of sulfonamides is 1. The van der Waals surface area contributed by atoms with Gasteiger partial charge in [0.2, 0.25) is 15.9 Å². The third-order valence-corrected chi connectivity index (χ3v) is 6.84. The molecule has 0 spiro atoms. The number of nitrogens with one attached hydrogen (secondary N) is 3. The largest absolute Gasteiger partial charge is 0.378 e. The molecule has 0 bridgehead atoms. The molecule has 8 nitrogen and oxygen atoms in total. The quantitative estimate of drug-likeness (QED) is 0.664. The van der Waals surface area contributed by atoms with Crippen molar-refractivity contribution in [1.82, 2.24) is 15.2 Å². The van der Waals surface area contributed by atoms with Crippen LogP contribution in [0.3, 0.4) is 0 Å². The zero-order chi connectivity index (χ0) is 18.8. The molecule has 1 amide bonds. The van der Waals surface area contributed by atoms with E-state index in [9.17, 15) is 13.2 Å². The maximum absolute atomic E-state index is 12.7. The summed E-state index contributed by atoms with van der Waals surface area (Å²) in [6.07, 6.45) is 0. The summed E-state index contributed by atoms with van der Waals surface area (Å²) in [6.45, 7) is 3.38. The average Bonchev–Trinajstić information content (AvgIpc) is 2.87. The van der Waals surface area contributed by atoms with E-state index >= 15 is 0 Å². The maximum Gasteiger partial charge on any atom is 0.239 e. The molecular formula is C16H27N5O3S. The Morgan fingerprint density at radius 2 is 1.60 bits per heavy atom. The van der Waals surface area contributed by atoms with E-state index in [1.807, 2.05) is 31.1 Å². The molecule has 0 radical (unpaired) electrons. The number of likely N-dealkylation sites (N-methyl/N-ethyl adjacent to an activating group) is 1. The molecule has 3 N–H and O–H groups in total. The summed E-state index contributed by atoms with van der Waals surface area (Å²) < 4.78 is 26.6. The van der Waals surface area contributed by atoms with Gasteiger partial charge in [0.25, 0.3) is 0 Å². The SMILES string of the molecule is CC1NNC(C)C1S(=O)(=O)N(C)CC(=O)Nc1ccc(N(C)C)cc1. The van der Waals surface area contributed by atoms with Gasteiger partial charge in [-0.3, -0.25) is 15.6 Å². The van der Waals surface area contributed by atoms with E-state index in [-0.39, 0.29) is 24.5 Å². The number of hydrogen-bond donors (Lipinski definition) is 3. The van der Waals surface area contributed by atoms with Crippen LogP contribution in [0.25, 0.3) is 0 Å². The van der Waals surface area contributed by atoms with Gasteiger partial charge < -0.3 is 10.2 Å². The number of carbonyl (C=O) groups excluding carboxylic acids is 1. The molecule has 1 heterocycles. The summed E-state index contributed by atoms with van der Waals surface area (Å²) in [5.74, 6) is -0.372. The van der Waals surface area contributed by atoms with E-state index in [1.165, 1.54) is 7.05 Å². The second-order valence-electron chi connectivity index (χ2n) is 6.62. The highest BCUT2D eigenvalue weighted by atomic mass is 32.2. The van der Waals surface area contributed by atoms with Crippen LogP contribution in [-0.2, 0) is 14.8 Å². The fraction of sp³-hybridized carbons (Fsp3) is 0.562. The van der Waals surface area contributed by atoms with Gasteiger partial charge in [-0.25, -0.2) is 8.42 Å². The van der Waals surface area contributed by atoms with E-state index in [1.54, 1.807) is 26.0 Å². The van der Waals surface area contributed by atoms with Gasteiger partial charge in [0, 0.05) is 44.6 Å². The molecule has 9 heteroatoms. The summed E-state index contributed by atoms with van der Waals surface area (Å²) in [5.41, 5.74) is 7.50. The Labute approximate surface area is 149 Å². The summed E-state index contributed by atoms with van der Waals surface area (Å²) in [7, 11) is 1.70. The first-order chi connectivity index (χ1) is 11.6. The van der Waals surface area contributed by atoms with Crippen molar-refractivity contribution in [2.45, 2.75) is 31.2 Å². The first-order valence-corrected chi connectivity index (χ1v) is 9.66. The van der Waals surface area contributed by atoms with E-state index in [0.717, 1.165) is 9.99 Å². The van der Waals surface area contributed by atoms with Gasteiger partial charge in [-0.05, 0) is 38.1 Å². The molecule has 0 aliphatic carbocycles. The normalized spacial score (nSPS) is 23.7. The van der Waals surface area contributed by atoms with Crippen molar-refractivity contribution in [1.29, 1.82) is 0 Å². The Morgan fingerprint density at radius 1 is 1.08 bits per heavy atom. The molecule has 140 valence electrons. The highest BCUT2D eigenvalue weighted by Crippen LogP contribution is 2.19. The monoisotopic (exact) mass is 369 g/mol. The summed E-state index contributed by atoms with van der Waals surface area (Å²) in [6, 6.07) is 6.88. The van der Waals surface area contributed by atoms with Crippen LogP contribution in [0.1, 0.15) is 13.8 Å². The molecular weight excluding hydrogens is 342 g/mol. The Balaban J connectivity index is 1.99. The molecule has 1 aromatic carbocycles. The van der Waals surface area contributed by atoms with Crippen LogP contribution in [0.5, 0.6) is 0 Å². The first kappa shape index (κ1) is 19.6. The van der Waals surface area contributed by atoms with Crippen molar-refractivity contribution >= 4 is 27.3 Å². The van der Waals surface area contributed by atoms with Gasteiger partial charge >= 0.3 is 0 Å². The van der Waals surface area contributed by atoms with E-state index < -0.39 is 15.3 Å². The maximum atomic E-state index is 12.7. The molecule has 0 aromatic heterocycles. The standard InChI is InChI=1S/C16H27N5O3S/c1-11-16(12(2)19-18-11)25(23,24)21(5)10-15(22)17-13-6-8-14(9-7-13)20(3)4/h6-9,11-12,16,18-19H,10H2,1-5H3,(H,17,22). The van der Waals surface area contributed by atoms with Gasteiger partial charge in [-0.15, -0.1) is 0 Å². The molecule has 0 saturated carbocycles. The minimum atomic E-state index is -3.60. The molecule has 2 unspecified atom stereocenters. The van der Waals surface area contributed by atoms with Crippen molar-refractivity contribution in [2.24, 2.45) is 0 Å². The lowest BCUT2D eigenvalue weighted by atomic mass is 10.2. The van der Waals surface area contributed by atoms with Crippen molar-refractivity contribution in [2.75, 3.05) is 37.9 Å². The number of hydrogen-bond acceptors (Lipinski definition) is 6. The Bertz CT molecular complexity index is 695. The summed E-state index contributed by atoms with van der Waals surface area (Å²) in [5, 5.41) is 2.11. The highest BCUT2D eigenvalue weighted by Gasteiger charge is 2.42. The average molecular weight is 369 g/mol. The van der Waals surface area contributed by atoms with Crippen LogP contribution in [-0.4, -0.2) is 63.7 Å². The summed E-state index contributed by atoms with van der Waals surface area (Å²) in [4.78, 5) is 14.2. The number of benzene rings is 1. The highest BCUT2D eigenvalue weighted by molar-refractivity contribution is 7.89. The van der Waals surface area contributed by atoms with Crippen LogP contribution >= 0.6 is 0 Å². The Hall–Kier alpha value is -1.68. The van der Waals surface area contributed by atoms with Crippen molar-refractivity contribution in [3.8, 4) is 0 Å². The van der Waals surface area contributed by atoms with E-state index in [4.69, 9.17) is 0 Å². The molecule has 1 aromatic rings. The zero-order valence-corrected chi connectivity index (χ0v) is 16.1. The third-order valence-electron chi connectivity index (χ3n) is 4.34. The van der Waals surface area contributed by atoms with Gasteiger partial charge in [0.15, 0.2) is 0 Å². The van der Waals surface area contributed by atoms with Crippen molar-refractivity contribution in [3.05, 3.63) is 24.3 Å². The lowest BCUT2D eigenvalue weighted by Crippen LogP contribution is -2.47. The zero-order valence-electron chi connectivity index (χ0n) is 15.3. The van der Waals surface area contributed by atoms with Crippen LogP contribution < -0.4 is 21.1 Å².